The zero-order valence-corrected chi connectivity index (χ0v) is 19.3. The number of aromatic nitrogens is 2. The van der Waals surface area contributed by atoms with Gasteiger partial charge in [-0.25, -0.2) is 4.98 Å². The molecule has 3 rings (SSSR count). The number of fused-ring (bicyclic) bond motifs is 1. The number of amides is 1. The van der Waals surface area contributed by atoms with Gasteiger partial charge in [-0.15, -0.1) is 0 Å². The molecule has 0 aromatic carbocycles. The topological polar surface area (TPSA) is 86.9 Å². The van der Waals surface area contributed by atoms with E-state index < -0.39 is 0 Å². The van der Waals surface area contributed by atoms with Gasteiger partial charge in [-0.3, -0.25) is 18.9 Å². The van der Waals surface area contributed by atoms with Crippen molar-refractivity contribution in [3.05, 3.63) is 45.2 Å². The number of thiocarbonyl (C=S) groups is 1. The summed E-state index contributed by atoms with van der Waals surface area (Å²) in [5, 5.41) is 12.2. The van der Waals surface area contributed by atoms with Crippen molar-refractivity contribution in [2.75, 3.05) is 25.0 Å². The molecule has 0 unspecified atom stereocenters. The monoisotopic (exact) mass is 460 g/mol. The normalized spacial score (nSPS) is 15.4. The zero-order valence-electron chi connectivity index (χ0n) is 17.7. The van der Waals surface area contributed by atoms with Gasteiger partial charge in [0.1, 0.15) is 15.8 Å². The van der Waals surface area contributed by atoms with E-state index in [0.717, 1.165) is 19.3 Å². The molecule has 166 valence electrons. The van der Waals surface area contributed by atoms with Crippen LogP contribution in [0.15, 0.2) is 34.1 Å². The maximum absolute atomic E-state index is 13.1. The molecule has 2 aromatic heterocycles. The van der Waals surface area contributed by atoms with E-state index in [0.29, 0.717) is 27.2 Å². The molecule has 1 aliphatic rings. The number of nitrogens with one attached hydrogen (secondary N) is 1. The highest BCUT2D eigenvalue weighted by Gasteiger charge is 2.32. The second-order valence-corrected chi connectivity index (χ2v) is 9.04. The Kier molecular flexibility index (Phi) is 8.62. The fraction of sp³-hybridized carbons (Fsp3) is 0.455. The smallest absolute Gasteiger partial charge is 0.267 e. The highest BCUT2D eigenvalue weighted by Crippen LogP contribution is 2.33. The van der Waals surface area contributed by atoms with E-state index in [2.05, 4.69) is 17.2 Å². The van der Waals surface area contributed by atoms with Gasteiger partial charge in [-0.2, -0.15) is 0 Å². The zero-order chi connectivity index (χ0) is 22.2. The van der Waals surface area contributed by atoms with Crippen molar-refractivity contribution in [3.63, 3.8) is 0 Å². The summed E-state index contributed by atoms with van der Waals surface area (Å²) in [7, 11) is 0. The maximum Gasteiger partial charge on any atom is 0.267 e. The highest BCUT2D eigenvalue weighted by atomic mass is 32.2. The third-order valence-electron chi connectivity index (χ3n) is 5.06. The Morgan fingerprint density at radius 3 is 2.74 bits per heavy atom. The number of nitrogens with zero attached hydrogens (tertiary/aromatic N) is 3. The third kappa shape index (κ3) is 5.72. The predicted octanol–water partition coefficient (Wildman–Crippen LogP) is 3.66. The van der Waals surface area contributed by atoms with Crippen molar-refractivity contribution in [2.45, 2.75) is 45.4 Å². The van der Waals surface area contributed by atoms with Gasteiger partial charge >= 0.3 is 0 Å². The van der Waals surface area contributed by atoms with Crippen molar-refractivity contribution < 1.29 is 9.90 Å². The Labute approximate surface area is 191 Å². The van der Waals surface area contributed by atoms with Crippen LogP contribution in [0.4, 0.5) is 5.82 Å². The van der Waals surface area contributed by atoms with Crippen molar-refractivity contribution in [3.8, 4) is 0 Å². The van der Waals surface area contributed by atoms with E-state index in [1.165, 1.54) is 35.4 Å². The minimum Gasteiger partial charge on any atom is -0.395 e. The Bertz CT molecular complexity index is 1040. The number of carbonyl (C=O) groups is 1. The fourth-order valence-electron chi connectivity index (χ4n) is 3.42. The van der Waals surface area contributed by atoms with E-state index >= 15 is 0 Å². The molecule has 3 heterocycles. The van der Waals surface area contributed by atoms with Crippen molar-refractivity contribution in [1.29, 1.82) is 0 Å². The molecule has 2 N–H and O–H groups in total. The summed E-state index contributed by atoms with van der Waals surface area (Å²) in [5.74, 6) is 0.167. The number of carbonyl (C=O) groups excluding carboxylic acids is 1. The average Bonchev–Trinajstić information content (AvgIpc) is 3.04. The van der Waals surface area contributed by atoms with Gasteiger partial charge in [-0.05, 0) is 24.6 Å². The lowest BCUT2D eigenvalue weighted by Gasteiger charge is -2.14. The highest BCUT2D eigenvalue weighted by molar-refractivity contribution is 8.26. The van der Waals surface area contributed by atoms with Crippen molar-refractivity contribution >= 4 is 51.7 Å². The Hall–Kier alpha value is -2.23. The number of unbranched alkanes of at least 4 members (excludes halogenated alkanes) is 5. The molecule has 1 fully saturated rings. The van der Waals surface area contributed by atoms with Crippen LogP contribution in [-0.4, -0.2) is 49.3 Å². The number of pyridine rings is 1. The molecule has 0 radical (unpaired) electrons. The summed E-state index contributed by atoms with van der Waals surface area (Å²) < 4.78 is 1.95. The van der Waals surface area contributed by atoms with Crippen LogP contribution in [0.2, 0.25) is 0 Å². The number of hydrogen-bond acceptors (Lipinski definition) is 7. The number of thioether (sulfide) groups is 1. The largest absolute Gasteiger partial charge is 0.395 e. The van der Waals surface area contributed by atoms with E-state index in [1.807, 2.05) is 0 Å². The van der Waals surface area contributed by atoms with Crippen LogP contribution in [0.1, 0.15) is 51.0 Å². The maximum atomic E-state index is 13.1. The molecule has 0 aliphatic carbocycles. The van der Waals surface area contributed by atoms with Gasteiger partial charge in [0, 0.05) is 19.3 Å². The Balaban J connectivity index is 1.82. The molecule has 1 aliphatic heterocycles. The molecule has 7 nitrogen and oxygen atoms in total. The summed E-state index contributed by atoms with van der Waals surface area (Å²) in [6.45, 7) is 2.93. The van der Waals surface area contributed by atoms with E-state index in [1.54, 1.807) is 35.4 Å². The molecule has 9 heteroatoms. The molecule has 0 saturated carbocycles. The van der Waals surface area contributed by atoms with Crippen LogP contribution in [0.25, 0.3) is 11.7 Å². The summed E-state index contributed by atoms with van der Waals surface area (Å²) in [5.41, 5.74) is 0.477. The summed E-state index contributed by atoms with van der Waals surface area (Å²) in [6.07, 6.45) is 10.0. The van der Waals surface area contributed by atoms with Crippen molar-refractivity contribution in [1.82, 2.24) is 14.3 Å². The number of hydrogen-bond donors (Lipinski definition) is 2. The predicted molar refractivity (Wildman–Crippen MR) is 130 cm³/mol. The lowest BCUT2D eigenvalue weighted by molar-refractivity contribution is -0.122. The van der Waals surface area contributed by atoms with Gasteiger partial charge in [0.15, 0.2) is 0 Å². The van der Waals surface area contributed by atoms with Crippen LogP contribution < -0.4 is 10.9 Å². The third-order valence-corrected chi connectivity index (χ3v) is 6.44. The van der Waals surface area contributed by atoms with E-state index in [4.69, 9.17) is 12.2 Å². The fourth-order valence-corrected chi connectivity index (χ4v) is 4.71. The summed E-state index contributed by atoms with van der Waals surface area (Å²) >= 11 is 6.63. The number of rotatable bonds is 11. The van der Waals surface area contributed by atoms with Crippen LogP contribution >= 0.6 is 24.0 Å². The molecule has 1 amide bonds. The first-order valence-corrected chi connectivity index (χ1v) is 11.9. The molecule has 0 spiro atoms. The van der Waals surface area contributed by atoms with Crippen LogP contribution in [0.5, 0.6) is 0 Å². The van der Waals surface area contributed by atoms with E-state index in [9.17, 15) is 14.7 Å². The first-order chi connectivity index (χ1) is 15.1. The lowest BCUT2D eigenvalue weighted by atomic mass is 10.1. The summed E-state index contributed by atoms with van der Waals surface area (Å²) in [6, 6.07) is 5.28. The second kappa shape index (κ2) is 11.4. The lowest BCUT2D eigenvalue weighted by Crippen LogP contribution is -2.29. The first-order valence-electron chi connectivity index (χ1n) is 10.7. The standard InChI is InChI=1S/C22H28N4O3S2/c1-2-3-4-5-6-8-13-26-21(29)17(31-22(26)30)15-16-19(23-11-14-27)24-18-10-7-9-12-25(18)20(16)28/h7,9-10,12,15,23,27H,2-6,8,11,13-14H2,1H3. The second-order valence-electron chi connectivity index (χ2n) is 7.36. The Morgan fingerprint density at radius 2 is 1.97 bits per heavy atom. The molecule has 2 aromatic rings. The molecular formula is C22H28N4O3S2. The summed E-state index contributed by atoms with van der Waals surface area (Å²) in [4.78, 5) is 32.6. The molecule has 31 heavy (non-hydrogen) atoms. The molecule has 0 bridgehead atoms. The quantitative estimate of drug-likeness (QED) is 0.301. The molecule has 0 atom stereocenters. The van der Waals surface area contributed by atoms with Crippen LogP contribution in [0, 0.1) is 0 Å². The van der Waals surface area contributed by atoms with Crippen LogP contribution in [-0.2, 0) is 4.79 Å². The van der Waals surface area contributed by atoms with Gasteiger partial charge < -0.3 is 10.4 Å². The van der Waals surface area contributed by atoms with Crippen molar-refractivity contribution in [2.24, 2.45) is 0 Å². The van der Waals surface area contributed by atoms with Gasteiger partial charge in [0.2, 0.25) is 0 Å². The SMILES string of the molecule is CCCCCCCCN1C(=O)C(=Cc2c(NCCO)nc3ccccn3c2=O)SC1=S. The minimum absolute atomic E-state index is 0.102. The van der Waals surface area contributed by atoms with Gasteiger partial charge in [0.05, 0.1) is 17.1 Å². The number of anilines is 1. The average molecular weight is 461 g/mol. The molecular weight excluding hydrogens is 432 g/mol. The molecule has 1 saturated heterocycles. The number of aliphatic hydroxyl groups excluding tert-OH is 1. The minimum atomic E-state index is -0.285. The van der Waals surface area contributed by atoms with Crippen LogP contribution in [0.3, 0.4) is 0 Å². The Morgan fingerprint density at radius 1 is 1.19 bits per heavy atom. The van der Waals surface area contributed by atoms with E-state index in [-0.39, 0.29) is 30.2 Å². The van der Waals surface area contributed by atoms with Gasteiger partial charge in [-0.1, -0.05) is 69.1 Å². The van der Waals surface area contributed by atoms with Gasteiger partial charge in [0.25, 0.3) is 11.5 Å². The first kappa shape index (κ1) is 23.4. The number of aliphatic hydroxyl groups is 1.